The number of carbonyl (C=O) groups is 1. The van der Waals surface area contributed by atoms with E-state index in [0.717, 1.165) is 0 Å². The summed E-state index contributed by atoms with van der Waals surface area (Å²) in [5.41, 5.74) is -0.0790. The molecule has 2 aromatic rings. The van der Waals surface area contributed by atoms with Gasteiger partial charge in [0.1, 0.15) is 17.1 Å². The van der Waals surface area contributed by atoms with Crippen LogP contribution in [0, 0.1) is 0 Å². The Bertz CT molecular complexity index is 646. The molecule has 0 saturated carbocycles. The van der Waals surface area contributed by atoms with Crippen molar-refractivity contribution in [1.82, 2.24) is 4.98 Å². The number of rotatable bonds is 3. The normalized spacial score (nSPS) is 10.3. The van der Waals surface area contributed by atoms with E-state index in [9.17, 15) is 4.79 Å². The average Bonchev–Trinajstić information content (AvgIpc) is 2.36. The Morgan fingerprint density at radius 3 is 2.47 bits per heavy atom. The maximum Gasteiger partial charge on any atom is 0.341 e. The minimum absolute atomic E-state index is 0.0790. The van der Waals surface area contributed by atoms with Crippen molar-refractivity contribution in [3.05, 3.63) is 51.2 Å². The summed E-state index contributed by atoms with van der Waals surface area (Å²) in [6, 6.07) is 4.25. The minimum atomic E-state index is -1.15. The first-order valence-corrected chi connectivity index (χ1v) is 6.12. The molecule has 0 fully saturated rings. The molecule has 0 bridgehead atoms. The zero-order chi connectivity index (χ0) is 14.0. The number of hydrogen-bond donors (Lipinski definition) is 1. The maximum absolute atomic E-state index is 11.0. The molecule has 4 nitrogen and oxygen atoms in total. The van der Waals surface area contributed by atoms with Crippen LogP contribution in [0.3, 0.4) is 0 Å². The van der Waals surface area contributed by atoms with Gasteiger partial charge in [-0.2, -0.15) is 0 Å². The molecule has 1 heterocycles. The van der Waals surface area contributed by atoms with Crippen LogP contribution in [-0.2, 0) is 0 Å². The molecule has 2 rings (SSSR count). The molecule has 0 atom stereocenters. The third-order valence-corrected chi connectivity index (χ3v) is 3.22. The Morgan fingerprint density at radius 2 is 1.79 bits per heavy atom. The number of pyridine rings is 1. The molecule has 0 radical (unpaired) electrons. The van der Waals surface area contributed by atoms with Crippen LogP contribution >= 0.6 is 34.8 Å². The van der Waals surface area contributed by atoms with Gasteiger partial charge in [-0.05, 0) is 6.07 Å². The quantitative estimate of drug-likeness (QED) is 0.844. The molecule has 0 aliphatic rings. The second-order valence-electron chi connectivity index (χ2n) is 3.48. The van der Waals surface area contributed by atoms with E-state index in [0.29, 0.717) is 0 Å². The van der Waals surface area contributed by atoms with E-state index >= 15 is 0 Å². The second-order valence-corrected chi connectivity index (χ2v) is 4.70. The van der Waals surface area contributed by atoms with Crippen molar-refractivity contribution < 1.29 is 14.6 Å². The molecule has 0 unspecified atom stereocenters. The number of hydrogen-bond acceptors (Lipinski definition) is 3. The summed E-state index contributed by atoms with van der Waals surface area (Å²) in [5.74, 6) is -0.827. The fraction of sp³-hybridized carbons (Fsp3) is 0. The third-order valence-electron chi connectivity index (χ3n) is 2.21. The van der Waals surface area contributed by atoms with Crippen LogP contribution < -0.4 is 4.74 Å². The molecular formula is C12H6Cl3NO3. The first-order valence-electron chi connectivity index (χ1n) is 4.98. The number of ether oxygens (including phenoxy) is 1. The van der Waals surface area contributed by atoms with E-state index < -0.39 is 5.97 Å². The number of halogens is 3. The predicted molar refractivity (Wildman–Crippen MR) is 72.7 cm³/mol. The van der Waals surface area contributed by atoms with Gasteiger partial charge in [-0.3, -0.25) is 4.98 Å². The highest BCUT2D eigenvalue weighted by Crippen LogP contribution is 2.37. The lowest BCUT2D eigenvalue weighted by Gasteiger charge is -2.10. The highest BCUT2D eigenvalue weighted by Gasteiger charge is 2.14. The minimum Gasteiger partial charge on any atom is -0.477 e. The summed E-state index contributed by atoms with van der Waals surface area (Å²) in [6.45, 7) is 0. The van der Waals surface area contributed by atoms with Crippen molar-refractivity contribution in [2.24, 2.45) is 0 Å². The topological polar surface area (TPSA) is 59.4 Å². The number of carboxylic acid groups (broad SMARTS) is 1. The zero-order valence-electron chi connectivity index (χ0n) is 9.23. The van der Waals surface area contributed by atoms with Crippen LogP contribution in [0.5, 0.6) is 11.5 Å². The van der Waals surface area contributed by atoms with Gasteiger partial charge < -0.3 is 9.84 Å². The smallest absolute Gasteiger partial charge is 0.341 e. The van der Waals surface area contributed by atoms with E-state index in [1.165, 1.54) is 30.6 Å². The molecule has 7 heteroatoms. The van der Waals surface area contributed by atoms with Crippen molar-refractivity contribution in [3.63, 3.8) is 0 Å². The van der Waals surface area contributed by atoms with Crippen LogP contribution in [-0.4, -0.2) is 16.1 Å². The molecule has 19 heavy (non-hydrogen) atoms. The first-order chi connectivity index (χ1) is 8.99. The number of aromatic carboxylic acids is 1. The van der Waals surface area contributed by atoms with Gasteiger partial charge in [0.05, 0.1) is 15.1 Å². The van der Waals surface area contributed by atoms with Crippen LogP contribution in [0.1, 0.15) is 10.4 Å². The van der Waals surface area contributed by atoms with E-state index in [2.05, 4.69) is 4.98 Å². The van der Waals surface area contributed by atoms with Crippen molar-refractivity contribution in [3.8, 4) is 11.5 Å². The Balaban J connectivity index is 2.42. The van der Waals surface area contributed by atoms with Crippen LogP contribution in [0.2, 0.25) is 15.1 Å². The molecule has 1 N–H and O–H groups in total. The molecule has 0 aliphatic heterocycles. The standard InChI is InChI=1S/C12H6Cl3NO3/c13-7-3-9(15)11(4-8(7)14)19-10-1-2-16-5-6(10)12(17)18/h1-5H,(H,17,18). The summed E-state index contributed by atoms with van der Waals surface area (Å²) in [6.07, 6.45) is 2.59. The van der Waals surface area contributed by atoms with Crippen molar-refractivity contribution in [1.29, 1.82) is 0 Å². The van der Waals surface area contributed by atoms with Gasteiger partial charge in [0.15, 0.2) is 0 Å². The Labute approximate surface area is 123 Å². The fourth-order valence-corrected chi connectivity index (χ4v) is 1.91. The molecule has 1 aromatic heterocycles. The van der Waals surface area contributed by atoms with Gasteiger partial charge in [-0.15, -0.1) is 0 Å². The number of carboxylic acids is 1. The highest BCUT2D eigenvalue weighted by atomic mass is 35.5. The predicted octanol–water partition coefficient (Wildman–Crippen LogP) is 4.53. The van der Waals surface area contributed by atoms with E-state index in [-0.39, 0.29) is 32.1 Å². The van der Waals surface area contributed by atoms with Crippen LogP contribution in [0.25, 0.3) is 0 Å². The monoisotopic (exact) mass is 317 g/mol. The zero-order valence-corrected chi connectivity index (χ0v) is 11.5. The summed E-state index contributed by atoms with van der Waals surface area (Å²) >= 11 is 17.6. The lowest BCUT2D eigenvalue weighted by molar-refractivity contribution is 0.0693. The van der Waals surface area contributed by atoms with Gasteiger partial charge in [0, 0.05) is 24.5 Å². The Kier molecular flexibility index (Phi) is 4.14. The highest BCUT2D eigenvalue weighted by molar-refractivity contribution is 6.43. The van der Waals surface area contributed by atoms with Gasteiger partial charge in [-0.25, -0.2) is 4.79 Å². The summed E-state index contributed by atoms with van der Waals surface area (Å²) in [4.78, 5) is 14.7. The van der Waals surface area contributed by atoms with E-state index in [1.54, 1.807) is 0 Å². The van der Waals surface area contributed by atoms with Gasteiger partial charge in [0.2, 0.25) is 0 Å². The average molecular weight is 319 g/mol. The Hall–Kier alpha value is -1.49. The summed E-state index contributed by atoms with van der Waals surface area (Å²) in [7, 11) is 0. The summed E-state index contributed by atoms with van der Waals surface area (Å²) < 4.78 is 5.44. The van der Waals surface area contributed by atoms with Gasteiger partial charge >= 0.3 is 5.97 Å². The SMILES string of the molecule is O=C(O)c1cnccc1Oc1cc(Cl)c(Cl)cc1Cl. The van der Waals surface area contributed by atoms with Crippen molar-refractivity contribution in [2.45, 2.75) is 0 Å². The van der Waals surface area contributed by atoms with Crippen LogP contribution in [0.15, 0.2) is 30.6 Å². The molecule has 0 aliphatic carbocycles. The van der Waals surface area contributed by atoms with Crippen molar-refractivity contribution in [2.75, 3.05) is 0 Å². The maximum atomic E-state index is 11.0. The number of nitrogens with zero attached hydrogens (tertiary/aromatic N) is 1. The largest absolute Gasteiger partial charge is 0.477 e. The lowest BCUT2D eigenvalue weighted by Crippen LogP contribution is -2.00. The number of aromatic nitrogens is 1. The molecule has 98 valence electrons. The lowest BCUT2D eigenvalue weighted by atomic mass is 10.2. The fourth-order valence-electron chi connectivity index (χ4n) is 1.33. The molecule has 1 aromatic carbocycles. The molecule has 0 amide bonds. The first kappa shape index (κ1) is 13.9. The molecule has 0 spiro atoms. The summed E-state index contributed by atoms with van der Waals surface area (Å²) in [5, 5.41) is 9.78. The van der Waals surface area contributed by atoms with E-state index in [1.807, 2.05) is 0 Å². The number of benzene rings is 1. The Morgan fingerprint density at radius 1 is 1.11 bits per heavy atom. The second kappa shape index (κ2) is 5.65. The molecule has 0 saturated heterocycles. The molecular weight excluding hydrogens is 312 g/mol. The van der Waals surface area contributed by atoms with Gasteiger partial charge in [-0.1, -0.05) is 34.8 Å². The third kappa shape index (κ3) is 3.10. The van der Waals surface area contributed by atoms with E-state index in [4.69, 9.17) is 44.6 Å². The van der Waals surface area contributed by atoms with Crippen molar-refractivity contribution >= 4 is 40.8 Å². The van der Waals surface area contributed by atoms with Gasteiger partial charge in [0.25, 0.3) is 0 Å². The van der Waals surface area contributed by atoms with Crippen LogP contribution in [0.4, 0.5) is 0 Å².